The second-order valence-electron chi connectivity index (χ2n) is 3.24. The van der Waals surface area contributed by atoms with Crippen LogP contribution in [0.1, 0.15) is 0 Å². The molecule has 6 heteroatoms. The van der Waals surface area contributed by atoms with Crippen molar-refractivity contribution in [1.82, 2.24) is 9.97 Å². The molecule has 0 spiro atoms. The summed E-state index contributed by atoms with van der Waals surface area (Å²) in [7, 11) is 1.36. The number of hydrogen-bond acceptors (Lipinski definition) is 4. The van der Waals surface area contributed by atoms with Crippen molar-refractivity contribution in [3.05, 3.63) is 36.2 Å². The van der Waals surface area contributed by atoms with Crippen molar-refractivity contribution in [2.45, 2.75) is 0 Å². The van der Waals surface area contributed by atoms with Crippen molar-refractivity contribution in [1.29, 1.82) is 0 Å². The Morgan fingerprint density at radius 2 is 2.00 bits per heavy atom. The summed E-state index contributed by atoms with van der Waals surface area (Å²) >= 11 is 0. The highest BCUT2D eigenvalue weighted by Crippen LogP contribution is 2.33. The van der Waals surface area contributed by atoms with E-state index < -0.39 is 11.6 Å². The molecule has 2 aromatic rings. The van der Waals surface area contributed by atoms with Gasteiger partial charge in [-0.2, -0.15) is 0 Å². The van der Waals surface area contributed by atoms with Crippen molar-refractivity contribution >= 4 is 5.82 Å². The Morgan fingerprint density at radius 1 is 1.24 bits per heavy atom. The standard InChI is InChI=1S/C11H9F2N3O/c1-17-10-9(15-5-16-11(10)14)6-3-2-4-7(12)8(6)13/h2-5H,1H3,(H2,14,15,16). The Labute approximate surface area is 96.1 Å². The van der Waals surface area contributed by atoms with Crippen LogP contribution < -0.4 is 10.5 Å². The van der Waals surface area contributed by atoms with Gasteiger partial charge < -0.3 is 10.5 Å². The van der Waals surface area contributed by atoms with Gasteiger partial charge in [-0.05, 0) is 12.1 Å². The van der Waals surface area contributed by atoms with Gasteiger partial charge in [0.15, 0.2) is 23.2 Å². The van der Waals surface area contributed by atoms with E-state index in [1.165, 1.54) is 19.2 Å². The Kier molecular flexibility index (Phi) is 2.86. The zero-order valence-electron chi connectivity index (χ0n) is 8.95. The van der Waals surface area contributed by atoms with Gasteiger partial charge in [0, 0.05) is 5.56 Å². The normalized spacial score (nSPS) is 10.3. The third kappa shape index (κ3) is 1.89. The van der Waals surface area contributed by atoms with Gasteiger partial charge in [-0.1, -0.05) is 6.07 Å². The summed E-state index contributed by atoms with van der Waals surface area (Å²) in [6.07, 6.45) is 1.16. The molecule has 0 aliphatic carbocycles. The average molecular weight is 237 g/mol. The summed E-state index contributed by atoms with van der Waals surface area (Å²) in [5.41, 5.74) is 5.67. The average Bonchev–Trinajstić information content (AvgIpc) is 2.32. The predicted molar refractivity (Wildman–Crippen MR) is 58.3 cm³/mol. The molecule has 0 radical (unpaired) electrons. The van der Waals surface area contributed by atoms with E-state index in [0.717, 1.165) is 12.4 Å². The summed E-state index contributed by atoms with van der Waals surface area (Å²) in [5.74, 6) is -1.76. The van der Waals surface area contributed by atoms with Gasteiger partial charge in [-0.25, -0.2) is 18.7 Å². The largest absolute Gasteiger partial charge is 0.491 e. The van der Waals surface area contributed by atoms with E-state index >= 15 is 0 Å². The lowest BCUT2D eigenvalue weighted by molar-refractivity contribution is 0.414. The zero-order chi connectivity index (χ0) is 12.4. The van der Waals surface area contributed by atoms with Crippen LogP contribution in [0.4, 0.5) is 14.6 Å². The molecule has 0 amide bonds. The van der Waals surface area contributed by atoms with Crippen molar-refractivity contribution in [3.63, 3.8) is 0 Å². The van der Waals surface area contributed by atoms with Gasteiger partial charge in [0.1, 0.15) is 12.0 Å². The molecule has 1 heterocycles. The number of halogens is 2. The number of benzene rings is 1. The fourth-order valence-corrected chi connectivity index (χ4v) is 1.47. The van der Waals surface area contributed by atoms with Gasteiger partial charge in [0.25, 0.3) is 0 Å². The van der Waals surface area contributed by atoms with E-state index in [-0.39, 0.29) is 22.8 Å². The molecule has 2 N–H and O–H groups in total. The summed E-state index contributed by atoms with van der Waals surface area (Å²) in [6, 6.07) is 3.80. The lowest BCUT2D eigenvalue weighted by Crippen LogP contribution is -2.01. The lowest BCUT2D eigenvalue weighted by Gasteiger charge is -2.09. The number of hydrogen-bond donors (Lipinski definition) is 1. The summed E-state index contributed by atoms with van der Waals surface area (Å²) in [6.45, 7) is 0. The molecule has 17 heavy (non-hydrogen) atoms. The van der Waals surface area contributed by atoms with Crippen LogP contribution in [-0.2, 0) is 0 Å². The van der Waals surface area contributed by atoms with Gasteiger partial charge >= 0.3 is 0 Å². The molecular weight excluding hydrogens is 228 g/mol. The highest BCUT2D eigenvalue weighted by Gasteiger charge is 2.17. The number of rotatable bonds is 2. The second-order valence-corrected chi connectivity index (χ2v) is 3.24. The van der Waals surface area contributed by atoms with Crippen molar-refractivity contribution in [2.75, 3.05) is 12.8 Å². The second kappa shape index (κ2) is 4.32. The van der Waals surface area contributed by atoms with E-state index in [0.29, 0.717) is 0 Å². The molecule has 4 nitrogen and oxygen atoms in total. The number of nitrogens with zero attached hydrogens (tertiary/aromatic N) is 2. The molecule has 0 unspecified atom stereocenters. The maximum Gasteiger partial charge on any atom is 0.187 e. The number of ether oxygens (including phenoxy) is 1. The molecule has 1 aromatic carbocycles. The first-order chi connectivity index (χ1) is 8.15. The third-order valence-electron chi connectivity index (χ3n) is 2.24. The lowest BCUT2D eigenvalue weighted by atomic mass is 10.1. The van der Waals surface area contributed by atoms with Crippen LogP contribution in [0.2, 0.25) is 0 Å². The van der Waals surface area contributed by atoms with Crippen LogP contribution in [0.25, 0.3) is 11.3 Å². The molecule has 0 atom stereocenters. The molecular formula is C11H9F2N3O. The Balaban J connectivity index is 2.68. The van der Waals surface area contributed by atoms with Crippen LogP contribution >= 0.6 is 0 Å². The van der Waals surface area contributed by atoms with Gasteiger partial charge in [-0.3, -0.25) is 0 Å². The minimum atomic E-state index is -0.996. The minimum absolute atomic E-state index is 0.0176. The summed E-state index contributed by atoms with van der Waals surface area (Å²) < 4.78 is 31.7. The van der Waals surface area contributed by atoms with Crippen LogP contribution in [0.5, 0.6) is 5.75 Å². The fourth-order valence-electron chi connectivity index (χ4n) is 1.47. The van der Waals surface area contributed by atoms with E-state index in [9.17, 15) is 8.78 Å². The SMILES string of the molecule is COc1c(N)ncnc1-c1cccc(F)c1F. The first kappa shape index (κ1) is 11.3. The quantitative estimate of drug-likeness (QED) is 0.867. The smallest absolute Gasteiger partial charge is 0.187 e. The third-order valence-corrected chi connectivity index (χ3v) is 2.24. The molecule has 2 rings (SSSR count). The number of methoxy groups -OCH3 is 1. The maximum atomic E-state index is 13.6. The minimum Gasteiger partial charge on any atom is -0.491 e. The molecule has 0 aliphatic rings. The maximum absolute atomic E-state index is 13.6. The fraction of sp³-hybridized carbons (Fsp3) is 0.0909. The molecule has 0 saturated heterocycles. The molecule has 88 valence electrons. The Morgan fingerprint density at radius 3 is 2.71 bits per heavy atom. The van der Waals surface area contributed by atoms with E-state index in [1.807, 2.05) is 0 Å². The highest BCUT2D eigenvalue weighted by atomic mass is 19.2. The van der Waals surface area contributed by atoms with Crippen LogP contribution in [0, 0.1) is 11.6 Å². The number of nitrogen functional groups attached to an aromatic ring is 1. The molecule has 0 fully saturated rings. The Bertz CT molecular complexity index is 560. The van der Waals surface area contributed by atoms with E-state index in [2.05, 4.69) is 9.97 Å². The first-order valence-electron chi connectivity index (χ1n) is 4.74. The zero-order valence-corrected chi connectivity index (χ0v) is 8.95. The van der Waals surface area contributed by atoms with Crippen molar-refractivity contribution < 1.29 is 13.5 Å². The van der Waals surface area contributed by atoms with E-state index in [4.69, 9.17) is 10.5 Å². The highest BCUT2D eigenvalue weighted by molar-refractivity contribution is 5.71. The van der Waals surface area contributed by atoms with E-state index in [1.54, 1.807) is 0 Å². The number of aromatic nitrogens is 2. The van der Waals surface area contributed by atoms with Gasteiger partial charge in [-0.15, -0.1) is 0 Å². The van der Waals surface area contributed by atoms with Crippen molar-refractivity contribution in [2.24, 2.45) is 0 Å². The van der Waals surface area contributed by atoms with Gasteiger partial charge in [0.2, 0.25) is 0 Å². The predicted octanol–water partition coefficient (Wildman–Crippen LogP) is 2.01. The van der Waals surface area contributed by atoms with Crippen LogP contribution in [0.3, 0.4) is 0 Å². The molecule has 1 aromatic heterocycles. The molecule has 0 aliphatic heterocycles. The van der Waals surface area contributed by atoms with Gasteiger partial charge in [0.05, 0.1) is 7.11 Å². The summed E-state index contributed by atoms with van der Waals surface area (Å²) in [5, 5.41) is 0. The molecule has 0 bridgehead atoms. The van der Waals surface area contributed by atoms with Crippen LogP contribution in [-0.4, -0.2) is 17.1 Å². The summed E-state index contributed by atoms with van der Waals surface area (Å²) in [4.78, 5) is 7.57. The topological polar surface area (TPSA) is 61.0 Å². The monoisotopic (exact) mass is 237 g/mol. The van der Waals surface area contributed by atoms with Crippen molar-refractivity contribution in [3.8, 4) is 17.0 Å². The number of anilines is 1. The van der Waals surface area contributed by atoms with Crippen LogP contribution in [0.15, 0.2) is 24.5 Å². The molecule has 0 saturated carbocycles. The first-order valence-corrected chi connectivity index (χ1v) is 4.74. The number of nitrogens with two attached hydrogens (primary N) is 1. The Hall–Kier alpha value is -2.24.